The maximum absolute atomic E-state index is 12.8. The van der Waals surface area contributed by atoms with Gasteiger partial charge in [-0.15, -0.1) is 0 Å². The first-order valence-electron chi connectivity index (χ1n) is 24.7. The molecular formula is C46H83N3O15P2. The Kier molecular flexibility index (Phi) is 32.2. The lowest BCUT2D eigenvalue weighted by Gasteiger charge is -2.21. The Balaban J connectivity index is 1.81. The molecule has 7 atom stereocenters. The van der Waals surface area contributed by atoms with E-state index in [1.165, 1.54) is 89.3 Å². The molecule has 0 aliphatic carbocycles. The van der Waals surface area contributed by atoms with E-state index >= 15 is 0 Å². The number of nitrogens with two attached hydrogens (primary N) is 1. The zero-order valence-electron chi connectivity index (χ0n) is 39.8. The average Bonchev–Trinajstić information content (AvgIpc) is 3.55. The summed E-state index contributed by atoms with van der Waals surface area (Å²) in [6, 6.07) is 1.25. The molecule has 6 N–H and O–H groups in total. The molecule has 382 valence electrons. The number of carbonyl (C=O) groups is 2. The second kappa shape index (κ2) is 35.6. The maximum Gasteiger partial charge on any atom is 0.481 e. The first kappa shape index (κ1) is 59.6. The summed E-state index contributed by atoms with van der Waals surface area (Å²) in [5, 5.41) is 20.9. The molecule has 1 aromatic rings. The van der Waals surface area contributed by atoms with Crippen molar-refractivity contribution in [2.75, 3.05) is 25.6 Å². The Hall–Kier alpha value is -2.50. The normalized spacial score (nSPS) is 19.7. The number of nitrogens with zero attached hydrogens (tertiary/aromatic N) is 2. The number of phosphoric acid groups is 2. The number of anilines is 1. The summed E-state index contributed by atoms with van der Waals surface area (Å²) in [6.07, 6.45) is 27.2. The Bertz CT molecular complexity index is 1650. The SMILES string of the molecule is CCCCCC/C=C\CCCCCCCCCC(=O)O[C@H](COC(=O)CCCCCCCCCCCCCCC)COP(=O)(O)OP(=O)(O)OC[C@H]1O[C@@H](n2ccc(N)nc2=O)[C@H](O)[C@@H]1O. The van der Waals surface area contributed by atoms with Gasteiger partial charge in [0.1, 0.15) is 30.7 Å². The molecule has 0 saturated carbocycles. The third kappa shape index (κ3) is 28.1. The van der Waals surface area contributed by atoms with Crippen molar-refractivity contribution in [3.63, 3.8) is 0 Å². The number of aliphatic hydroxyl groups excluding tert-OH is 2. The van der Waals surface area contributed by atoms with Gasteiger partial charge in [0.2, 0.25) is 0 Å². The van der Waals surface area contributed by atoms with E-state index < -0.39 is 83.7 Å². The van der Waals surface area contributed by atoms with Crippen LogP contribution in [0.2, 0.25) is 0 Å². The molecule has 2 rings (SSSR count). The van der Waals surface area contributed by atoms with Gasteiger partial charge < -0.3 is 39.9 Å². The molecular weight excluding hydrogens is 896 g/mol. The molecule has 1 saturated heterocycles. The van der Waals surface area contributed by atoms with Crippen molar-refractivity contribution in [1.82, 2.24) is 9.55 Å². The Labute approximate surface area is 392 Å². The van der Waals surface area contributed by atoms with Crippen molar-refractivity contribution < 1.29 is 66.3 Å². The number of esters is 2. The molecule has 0 amide bonds. The highest BCUT2D eigenvalue weighted by atomic mass is 31.3. The molecule has 0 aromatic carbocycles. The summed E-state index contributed by atoms with van der Waals surface area (Å²) in [7, 11) is -10.8. The van der Waals surface area contributed by atoms with Crippen LogP contribution in [0.4, 0.5) is 5.82 Å². The van der Waals surface area contributed by atoms with E-state index in [4.69, 9.17) is 29.0 Å². The number of hydrogen-bond acceptors (Lipinski definition) is 15. The third-order valence-electron chi connectivity index (χ3n) is 11.4. The predicted octanol–water partition coefficient (Wildman–Crippen LogP) is 9.67. The number of rotatable bonds is 41. The van der Waals surface area contributed by atoms with E-state index in [1.54, 1.807) is 0 Å². The van der Waals surface area contributed by atoms with Gasteiger partial charge in [-0.25, -0.2) is 13.9 Å². The molecule has 66 heavy (non-hydrogen) atoms. The summed E-state index contributed by atoms with van der Waals surface area (Å²) in [4.78, 5) is 61.8. The van der Waals surface area contributed by atoms with Gasteiger partial charge in [-0.2, -0.15) is 9.29 Å². The molecule has 2 unspecified atom stereocenters. The van der Waals surface area contributed by atoms with E-state index in [0.717, 1.165) is 81.6 Å². The summed E-state index contributed by atoms with van der Waals surface area (Å²) in [5.74, 6) is -1.29. The van der Waals surface area contributed by atoms with E-state index in [1.807, 2.05) is 0 Å². The second-order valence-corrected chi connectivity index (χ2v) is 20.4. The van der Waals surface area contributed by atoms with E-state index in [9.17, 15) is 43.5 Å². The minimum Gasteiger partial charge on any atom is -0.462 e. The Morgan fingerprint density at radius 2 is 1.18 bits per heavy atom. The van der Waals surface area contributed by atoms with Crippen LogP contribution in [0.15, 0.2) is 29.2 Å². The fourth-order valence-corrected chi connectivity index (χ4v) is 9.60. The highest BCUT2D eigenvalue weighted by molar-refractivity contribution is 7.61. The van der Waals surface area contributed by atoms with Crippen LogP contribution in [0.25, 0.3) is 0 Å². The number of hydrogen-bond donors (Lipinski definition) is 5. The van der Waals surface area contributed by atoms with Crippen molar-refractivity contribution in [2.24, 2.45) is 0 Å². The predicted molar refractivity (Wildman–Crippen MR) is 252 cm³/mol. The fourth-order valence-electron chi connectivity index (χ4n) is 7.48. The maximum atomic E-state index is 12.8. The van der Waals surface area contributed by atoms with Crippen molar-refractivity contribution >= 4 is 33.4 Å². The van der Waals surface area contributed by atoms with Crippen LogP contribution >= 0.6 is 15.6 Å². The van der Waals surface area contributed by atoms with Crippen LogP contribution in [-0.4, -0.2) is 85.7 Å². The number of phosphoric ester groups is 2. The van der Waals surface area contributed by atoms with Crippen LogP contribution in [0, 0.1) is 0 Å². The number of ether oxygens (including phenoxy) is 3. The average molecular weight is 980 g/mol. The number of aromatic nitrogens is 2. The number of aliphatic hydroxyl groups is 2. The van der Waals surface area contributed by atoms with Crippen LogP contribution in [0.1, 0.15) is 200 Å². The molecule has 0 spiro atoms. The molecule has 1 aliphatic heterocycles. The van der Waals surface area contributed by atoms with Gasteiger partial charge in [0.25, 0.3) is 0 Å². The fraction of sp³-hybridized carbons (Fsp3) is 0.826. The van der Waals surface area contributed by atoms with Crippen LogP contribution in [0.3, 0.4) is 0 Å². The van der Waals surface area contributed by atoms with Crippen LogP contribution in [0.5, 0.6) is 0 Å². The van der Waals surface area contributed by atoms with Gasteiger partial charge >= 0.3 is 33.3 Å². The third-order valence-corrected chi connectivity index (χ3v) is 14.0. The second-order valence-electron chi connectivity index (χ2n) is 17.3. The minimum atomic E-state index is -5.42. The van der Waals surface area contributed by atoms with Gasteiger partial charge in [0.15, 0.2) is 12.3 Å². The first-order valence-corrected chi connectivity index (χ1v) is 27.7. The quantitative estimate of drug-likeness (QED) is 0.0177. The molecule has 0 radical (unpaired) electrons. The highest BCUT2D eigenvalue weighted by Crippen LogP contribution is 2.60. The Morgan fingerprint density at radius 3 is 1.71 bits per heavy atom. The number of nitrogen functional groups attached to an aromatic ring is 1. The summed E-state index contributed by atoms with van der Waals surface area (Å²) in [5.41, 5.74) is 4.59. The first-order chi connectivity index (χ1) is 31.7. The van der Waals surface area contributed by atoms with Crippen molar-refractivity contribution in [1.29, 1.82) is 0 Å². The van der Waals surface area contributed by atoms with E-state index in [2.05, 4.69) is 35.3 Å². The number of carbonyl (C=O) groups excluding carboxylic acids is 2. The molecule has 1 aliphatic rings. The number of allylic oxidation sites excluding steroid dienone is 2. The molecule has 0 bridgehead atoms. The summed E-state index contributed by atoms with van der Waals surface area (Å²) in [6.45, 7) is 2.15. The van der Waals surface area contributed by atoms with Gasteiger partial charge in [-0.3, -0.25) is 23.2 Å². The molecule has 20 heteroatoms. The lowest BCUT2D eigenvalue weighted by molar-refractivity contribution is -0.161. The molecule has 1 fully saturated rings. The van der Waals surface area contributed by atoms with Crippen molar-refractivity contribution in [3.05, 3.63) is 34.9 Å². The van der Waals surface area contributed by atoms with Crippen LogP contribution < -0.4 is 11.4 Å². The van der Waals surface area contributed by atoms with E-state index in [0.29, 0.717) is 12.8 Å². The Morgan fingerprint density at radius 1 is 0.712 bits per heavy atom. The van der Waals surface area contributed by atoms with Gasteiger partial charge in [-0.05, 0) is 44.6 Å². The lowest BCUT2D eigenvalue weighted by Crippen LogP contribution is -2.36. The zero-order chi connectivity index (χ0) is 48.5. The van der Waals surface area contributed by atoms with E-state index in [-0.39, 0.29) is 18.7 Å². The largest absolute Gasteiger partial charge is 0.481 e. The van der Waals surface area contributed by atoms with Crippen molar-refractivity contribution in [3.8, 4) is 0 Å². The smallest absolute Gasteiger partial charge is 0.462 e. The zero-order valence-corrected chi connectivity index (χ0v) is 41.6. The van der Waals surface area contributed by atoms with Gasteiger partial charge in [0.05, 0.1) is 13.2 Å². The highest BCUT2D eigenvalue weighted by Gasteiger charge is 2.46. The van der Waals surface area contributed by atoms with Crippen molar-refractivity contribution in [2.45, 2.75) is 224 Å². The molecule has 2 heterocycles. The number of unbranched alkanes of at least 4 members (excludes halogenated alkanes) is 23. The topological polar surface area (TPSA) is 265 Å². The van der Waals surface area contributed by atoms with Crippen LogP contribution in [-0.2, 0) is 46.3 Å². The summed E-state index contributed by atoms with van der Waals surface area (Å²) >= 11 is 0. The standard InChI is InChI=1S/C46H83N3O15P2/c1-3-5-7-9-11-13-15-17-18-20-22-24-26-28-30-32-42(51)62-38(35-59-41(50)31-29-27-25-23-21-19-16-14-12-10-8-6-4-2)36-60-65(55,56)64-66(57,58)61-37-39-43(52)44(53)45(63-39)49-34-33-40(47)48-46(49)54/h13,15,33-34,38-39,43-45,52-53H,3-12,14,16-32,35-37H2,1-2H3,(H,55,56)(H,57,58)(H2,47,48,54)/b15-13-/t38-,39-,43-,44-,45-/m1/s1. The monoisotopic (exact) mass is 980 g/mol. The lowest BCUT2D eigenvalue weighted by atomic mass is 10.0. The molecule has 1 aromatic heterocycles. The minimum absolute atomic E-state index is 0.0492. The van der Waals surface area contributed by atoms with Gasteiger partial charge in [-0.1, -0.05) is 154 Å². The molecule has 18 nitrogen and oxygen atoms in total. The van der Waals surface area contributed by atoms with Gasteiger partial charge in [0, 0.05) is 19.0 Å². The summed E-state index contributed by atoms with van der Waals surface area (Å²) < 4.78 is 56.7.